The van der Waals surface area contributed by atoms with Gasteiger partial charge in [-0.05, 0) is 23.8 Å². The summed E-state index contributed by atoms with van der Waals surface area (Å²) in [7, 11) is 0. The minimum absolute atomic E-state index is 0.116. The molecule has 4 rings (SSSR count). The Bertz CT molecular complexity index is 883. The molecule has 1 heterocycles. The molecular weight excluding hydrogens is 312 g/mol. The summed E-state index contributed by atoms with van der Waals surface area (Å²) in [5.74, 6) is -0.754. The van der Waals surface area contributed by atoms with Crippen LogP contribution in [0.25, 0.3) is 21.5 Å². The van der Waals surface area contributed by atoms with Crippen LogP contribution in [0.4, 0.5) is 5.69 Å². The Labute approximate surface area is 147 Å². The van der Waals surface area contributed by atoms with E-state index < -0.39 is 5.97 Å². The summed E-state index contributed by atoms with van der Waals surface area (Å²) >= 11 is 0. The lowest BCUT2D eigenvalue weighted by Crippen LogP contribution is -2.53. The molecule has 25 heavy (non-hydrogen) atoms. The van der Waals surface area contributed by atoms with Gasteiger partial charge in [-0.1, -0.05) is 48.5 Å². The topological polar surface area (TPSA) is 43.8 Å². The third-order valence-electron chi connectivity index (χ3n) is 5.16. The zero-order valence-corrected chi connectivity index (χ0v) is 14.4. The number of rotatable bonds is 3. The summed E-state index contributed by atoms with van der Waals surface area (Å²) in [6, 6.07) is 19.5. The van der Waals surface area contributed by atoms with E-state index in [0.717, 1.165) is 19.6 Å². The first kappa shape index (κ1) is 15.9. The summed E-state index contributed by atoms with van der Waals surface area (Å²) in [5.41, 5.74) is 1.27. The Morgan fingerprint density at radius 2 is 1.64 bits per heavy atom. The molecule has 3 aromatic carbocycles. The van der Waals surface area contributed by atoms with Gasteiger partial charge in [0, 0.05) is 36.4 Å². The van der Waals surface area contributed by atoms with Crippen molar-refractivity contribution in [1.82, 2.24) is 4.90 Å². The minimum atomic E-state index is -0.754. The van der Waals surface area contributed by atoms with Crippen LogP contribution in [0.2, 0.25) is 0 Å². The second-order valence-electron chi connectivity index (χ2n) is 6.83. The Morgan fingerprint density at radius 3 is 2.20 bits per heavy atom. The Morgan fingerprint density at radius 1 is 1.04 bits per heavy atom. The molecule has 3 aromatic rings. The highest BCUT2D eigenvalue weighted by Gasteiger charge is 2.27. The van der Waals surface area contributed by atoms with Gasteiger partial charge in [-0.3, -0.25) is 9.69 Å². The van der Waals surface area contributed by atoms with Crippen LogP contribution in [0.5, 0.6) is 0 Å². The van der Waals surface area contributed by atoms with Gasteiger partial charge in [0.2, 0.25) is 0 Å². The van der Waals surface area contributed by atoms with Gasteiger partial charge < -0.3 is 10.0 Å². The highest BCUT2D eigenvalue weighted by molar-refractivity contribution is 6.11. The highest BCUT2D eigenvalue weighted by Crippen LogP contribution is 2.36. The summed E-state index contributed by atoms with van der Waals surface area (Å²) in [5, 5.41) is 14.1. The second kappa shape index (κ2) is 6.37. The Hall–Kier alpha value is -2.59. The number of aliphatic carboxylic acids is 1. The molecule has 0 spiro atoms. The molecule has 1 N–H and O–H groups in total. The molecule has 1 fully saturated rings. The first-order valence-corrected chi connectivity index (χ1v) is 8.75. The van der Waals surface area contributed by atoms with Gasteiger partial charge in [-0.25, -0.2) is 0 Å². The Kier molecular flexibility index (Phi) is 4.06. The minimum Gasteiger partial charge on any atom is -0.480 e. The van der Waals surface area contributed by atoms with Crippen LogP contribution < -0.4 is 4.90 Å². The fourth-order valence-corrected chi connectivity index (χ4v) is 3.94. The SMILES string of the molecule is C[C@@H]1CN(c2c3ccccc3cc3ccccc23)CCN1CC(=O)O. The maximum absolute atomic E-state index is 11.1. The van der Waals surface area contributed by atoms with Crippen molar-refractivity contribution in [2.24, 2.45) is 0 Å². The normalized spacial score (nSPS) is 18.8. The molecule has 1 atom stereocenters. The Balaban J connectivity index is 1.79. The average molecular weight is 334 g/mol. The molecule has 0 unspecified atom stereocenters. The number of nitrogens with zero attached hydrogens (tertiary/aromatic N) is 2. The van der Waals surface area contributed by atoms with E-state index in [9.17, 15) is 4.79 Å². The first-order chi connectivity index (χ1) is 12.1. The molecule has 0 aliphatic carbocycles. The van der Waals surface area contributed by atoms with Gasteiger partial charge in [-0.15, -0.1) is 0 Å². The van der Waals surface area contributed by atoms with Crippen molar-refractivity contribution in [2.45, 2.75) is 13.0 Å². The fourth-order valence-electron chi connectivity index (χ4n) is 3.94. The van der Waals surface area contributed by atoms with E-state index in [1.54, 1.807) is 0 Å². The van der Waals surface area contributed by atoms with Crippen LogP contribution in [-0.2, 0) is 4.79 Å². The van der Waals surface area contributed by atoms with Gasteiger partial charge in [0.15, 0.2) is 0 Å². The quantitative estimate of drug-likeness (QED) is 0.744. The third kappa shape index (κ3) is 2.94. The molecule has 4 heteroatoms. The smallest absolute Gasteiger partial charge is 0.317 e. The zero-order chi connectivity index (χ0) is 17.4. The monoisotopic (exact) mass is 334 g/mol. The van der Waals surface area contributed by atoms with Crippen molar-refractivity contribution in [3.63, 3.8) is 0 Å². The van der Waals surface area contributed by atoms with Crippen LogP contribution in [0, 0.1) is 0 Å². The fraction of sp³-hybridized carbons (Fsp3) is 0.286. The summed E-state index contributed by atoms with van der Waals surface area (Å²) in [4.78, 5) is 15.5. The van der Waals surface area contributed by atoms with Gasteiger partial charge in [0.05, 0.1) is 12.2 Å². The number of carboxylic acid groups (broad SMARTS) is 1. The molecule has 1 aliphatic rings. The van der Waals surface area contributed by atoms with Crippen molar-refractivity contribution >= 4 is 33.2 Å². The number of piperazine rings is 1. The molecule has 0 bridgehead atoms. The van der Waals surface area contributed by atoms with E-state index in [2.05, 4.69) is 66.4 Å². The lowest BCUT2D eigenvalue weighted by atomic mass is 9.99. The predicted octanol–water partition coefficient (Wildman–Crippen LogP) is 3.59. The number of carbonyl (C=O) groups is 1. The lowest BCUT2D eigenvalue weighted by Gasteiger charge is -2.41. The zero-order valence-electron chi connectivity index (χ0n) is 14.4. The van der Waals surface area contributed by atoms with Gasteiger partial charge >= 0.3 is 5.97 Å². The highest BCUT2D eigenvalue weighted by atomic mass is 16.4. The molecular formula is C21H22N2O2. The molecule has 4 nitrogen and oxygen atoms in total. The lowest BCUT2D eigenvalue weighted by molar-refractivity contribution is -0.138. The van der Waals surface area contributed by atoms with Gasteiger partial charge in [0.25, 0.3) is 0 Å². The number of hydrogen-bond donors (Lipinski definition) is 1. The maximum atomic E-state index is 11.1. The molecule has 1 saturated heterocycles. The molecule has 128 valence electrons. The van der Waals surface area contributed by atoms with Crippen LogP contribution in [-0.4, -0.2) is 48.2 Å². The van der Waals surface area contributed by atoms with Crippen molar-refractivity contribution in [3.8, 4) is 0 Å². The van der Waals surface area contributed by atoms with Crippen molar-refractivity contribution in [3.05, 3.63) is 54.6 Å². The number of anilines is 1. The summed E-state index contributed by atoms with van der Waals surface area (Å²) in [6.07, 6.45) is 0. The van der Waals surface area contributed by atoms with Crippen molar-refractivity contribution < 1.29 is 9.90 Å². The first-order valence-electron chi connectivity index (χ1n) is 8.75. The van der Waals surface area contributed by atoms with Crippen LogP contribution in [0.3, 0.4) is 0 Å². The van der Waals surface area contributed by atoms with E-state index >= 15 is 0 Å². The number of carboxylic acids is 1. The maximum Gasteiger partial charge on any atom is 0.317 e. The van der Waals surface area contributed by atoms with Crippen LogP contribution in [0.1, 0.15) is 6.92 Å². The van der Waals surface area contributed by atoms with Crippen LogP contribution in [0.15, 0.2) is 54.6 Å². The molecule has 0 amide bonds. The predicted molar refractivity (Wildman–Crippen MR) is 102 cm³/mol. The van der Waals surface area contributed by atoms with E-state index in [-0.39, 0.29) is 12.6 Å². The van der Waals surface area contributed by atoms with Crippen LogP contribution >= 0.6 is 0 Å². The van der Waals surface area contributed by atoms with Gasteiger partial charge in [-0.2, -0.15) is 0 Å². The number of benzene rings is 3. The average Bonchev–Trinajstić information content (AvgIpc) is 2.61. The number of fused-ring (bicyclic) bond motifs is 2. The van der Waals surface area contributed by atoms with Gasteiger partial charge in [0.1, 0.15) is 0 Å². The van der Waals surface area contributed by atoms with E-state index in [1.807, 2.05) is 4.90 Å². The van der Waals surface area contributed by atoms with E-state index in [4.69, 9.17) is 5.11 Å². The van der Waals surface area contributed by atoms with E-state index in [1.165, 1.54) is 27.2 Å². The number of hydrogen-bond acceptors (Lipinski definition) is 3. The molecule has 1 aliphatic heterocycles. The van der Waals surface area contributed by atoms with E-state index in [0.29, 0.717) is 0 Å². The van der Waals surface area contributed by atoms with Crippen molar-refractivity contribution in [2.75, 3.05) is 31.1 Å². The largest absolute Gasteiger partial charge is 0.480 e. The van der Waals surface area contributed by atoms with Crippen molar-refractivity contribution in [1.29, 1.82) is 0 Å². The summed E-state index contributed by atoms with van der Waals surface area (Å²) < 4.78 is 0. The second-order valence-corrected chi connectivity index (χ2v) is 6.83. The molecule has 0 radical (unpaired) electrons. The third-order valence-corrected chi connectivity index (χ3v) is 5.16. The standard InChI is InChI=1S/C21H22N2O2/c1-15-13-23(11-10-22(15)14-20(24)25)21-18-8-4-2-6-16(18)12-17-7-3-5-9-19(17)21/h2-9,12,15H,10-11,13-14H2,1H3,(H,24,25)/t15-/m1/s1. The molecule has 0 saturated carbocycles. The summed E-state index contributed by atoms with van der Waals surface area (Å²) in [6.45, 7) is 4.68. The molecule has 0 aromatic heterocycles.